The number of thiazole rings is 1. The second kappa shape index (κ2) is 9.50. The summed E-state index contributed by atoms with van der Waals surface area (Å²) in [5.74, 6) is -0.531. The van der Waals surface area contributed by atoms with Crippen molar-refractivity contribution in [2.24, 2.45) is 0 Å². The van der Waals surface area contributed by atoms with E-state index in [1.165, 1.54) is 39.9 Å². The summed E-state index contributed by atoms with van der Waals surface area (Å²) < 4.78 is 38.3. The molecule has 0 N–H and O–H groups in total. The van der Waals surface area contributed by atoms with Gasteiger partial charge in [0, 0.05) is 24.0 Å². The van der Waals surface area contributed by atoms with E-state index in [4.69, 9.17) is 9.47 Å². The van der Waals surface area contributed by atoms with Gasteiger partial charge in [-0.05, 0) is 38.1 Å². The average molecular weight is 473 g/mol. The first kappa shape index (κ1) is 22.6. The molecule has 2 aromatic carbocycles. The monoisotopic (exact) mass is 472 g/mol. The Kier molecular flexibility index (Phi) is 6.71. The standard InChI is InChI=1S/C23H24N2O5S2/c1-16-12-25(13-17(2)30-16)32(27,28)21-10-8-19(9-11-21)23(26)29-14-20-15-31-22(24-20)18-6-4-3-5-7-18/h3-11,15-17H,12-14H2,1-2H3. The third-order valence-corrected chi connectivity index (χ3v) is 7.82. The SMILES string of the molecule is CC1CN(S(=O)(=O)c2ccc(C(=O)OCc3csc(-c4ccccc4)n3)cc2)CC(C)O1. The van der Waals surface area contributed by atoms with Crippen LogP contribution in [0.1, 0.15) is 29.9 Å². The fourth-order valence-electron chi connectivity index (χ4n) is 3.55. The molecule has 0 amide bonds. The summed E-state index contributed by atoms with van der Waals surface area (Å²) in [5.41, 5.74) is 1.96. The van der Waals surface area contributed by atoms with Crippen molar-refractivity contribution >= 4 is 27.3 Å². The lowest BCUT2D eigenvalue weighted by Crippen LogP contribution is -2.48. The summed E-state index contributed by atoms with van der Waals surface area (Å²) in [5, 5.41) is 2.72. The molecule has 32 heavy (non-hydrogen) atoms. The zero-order valence-corrected chi connectivity index (χ0v) is 19.4. The Balaban J connectivity index is 1.39. The lowest BCUT2D eigenvalue weighted by molar-refractivity contribution is -0.0440. The van der Waals surface area contributed by atoms with Crippen LogP contribution in [0.5, 0.6) is 0 Å². The van der Waals surface area contributed by atoms with E-state index in [0.29, 0.717) is 18.8 Å². The van der Waals surface area contributed by atoms with Gasteiger partial charge >= 0.3 is 5.97 Å². The molecular formula is C23H24N2O5S2. The Bertz CT molecular complexity index is 1170. The van der Waals surface area contributed by atoms with Crippen molar-refractivity contribution in [3.8, 4) is 10.6 Å². The van der Waals surface area contributed by atoms with Crippen molar-refractivity contribution in [2.75, 3.05) is 13.1 Å². The summed E-state index contributed by atoms with van der Waals surface area (Å²) in [6.45, 7) is 4.35. The Labute approximate surface area is 191 Å². The Morgan fingerprint density at radius 2 is 1.75 bits per heavy atom. The average Bonchev–Trinajstić information content (AvgIpc) is 3.27. The highest BCUT2D eigenvalue weighted by atomic mass is 32.2. The van der Waals surface area contributed by atoms with Crippen molar-refractivity contribution < 1.29 is 22.7 Å². The minimum Gasteiger partial charge on any atom is -0.456 e. The maximum absolute atomic E-state index is 12.9. The van der Waals surface area contributed by atoms with Gasteiger partial charge in [0.1, 0.15) is 11.6 Å². The van der Waals surface area contributed by atoms with E-state index in [9.17, 15) is 13.2 Å². The maximum Gasteiger partial charge on any atom is 0.338 e. The van der Waals surface area contributed by atoms with Gasteiger partial charge in [0.2, 0.25) is 10.0 Å². The molecule has 168 valence electrons. The Morgan fingerprint density at radius 1 is 1.09 bits per heavy atom. The number of carbonyl (C=O) groups excluding carboxylic acids is 1. The van der Waals surface area contributed by atoms with Crippen molar-refractivity contribution in [2.45, 2.75) is 37.6 Å². The molecule has 0 aliphatic carbocycles. The van der Waals surface area contributed by atoms with E-state index in [-0.39, 0.29) is 29.3 Å². The van der Waals surface area contributed by atoms with Gasteiger partial charge in [-0.2, -0.15) is 4.31 Å². The van der Waals surface area contributed by atoms with Crippen molar-refractivity contribution in [3.63, 3.8) is 0 Å². The van der Waals surface area contributed by atoms with Crippen LogP contribution in [0, 0.1) is 0 Å². The van der Waals surface area contributed by atoms with Gasteiger partial charge in [0.25, 0.3) is 0 Å². The number of sulfonamides is 1. The molecule has 0 saturated carbocycles. The first-order valence-electron chi connectivity index (χ1n) is 10.3. The molecule has 1 aliphatic heterocycles. The van der Waals surface area contributed by atoms with E-state index in [0.717, 1.165) is 10.6 Å². The first-order valence-corrected chi connectivity index (χ1v) is 12.6. The van der Waals surface area contributed by atoms with E-state index in [1.807, 2.05) is 49.6 Å². The van der Waals surface area contributed by atoms with Crippen LogP contribution >= 0.6 is 11.3 Å². The number of rotatable bonds is 6. The molecule has 2 atom stereocenters. The predicted molar refractivity (Wildman–Crippen MR) is 122 cm³/mol. The molecule has 7 nitrogen and oxygen atoms in total. The first-order chi connectivity index (χ1) is 15.3. The van der Waals surface area contributed by atoms with E-state index in [1.54, 1.807) is 0 Å². The van der Waals surface area contributed by atoms with E-state index < -0.39 is 16.0 Å². The molecule has 3 aromatic rings. The van der Waals surface area contributed by atoms with Crippen LogP contribution in [0.4, 0.5) is 0 Å². The molecule has 0 radical (unpaired) electrons. The number of carbonyl (C=O) groups is 1. The lowest BCUT2D eigenvalue weighted by Gasteiger charge is -2.34. The number of hydrogen-bond donors (Lipinski definition) is 0. The minimum atomic E-state index is -3.66. The summed E-state index contributed by atoms with van der Waals surface area (Å²) in [4.78, 5) is 17.1. The van der Waals surface area contributed by atoms with Crippen LogP contribution in [-0.4, -0.2) is 49.0 Å². The zero-order chi connectivity index (χ0) is 22.7. The number of aromatic nitrogens is 1. The number of esters is 1. The van der Waals surface area contributed by atoms with Gasteiger partial charge in [-0.1, -0.05) is 30.3 Å². The van der Waals surface area contributed by atoms with Gasteiger partial charge in [-0.25, -0.2) is 18.2 Å². The highest BCUT2D eigenvalue weighted by Crippen LogP contribution is 2.24. The van der Waals surface area contributed by atoms with Gasteiger partial charge in [-0.15, -0.1) is 11.3 Å². The third-order valence-electron chi connectivity index (χ3n) is 5.04. The molecule has 1 fully saturated rings. The van der Waals surface area contributed by atoms with Gasteiger partial charge in [0.05, 0.1) is 28.4 Å². The van der Waals surface area contributed by atoms with Crippen LogP contribution < -0.4 is 0 Å². The number of benzene rings is 2. The van der Waals surface area contributed by atoms with Gasteiger partial charge in [0.15, 0.2) is 0 Å². The van der Waals surface area contributed by atoms with Gasteiger partial charge < -0.3 is 9.47 Å². The number of nitrogens with zero attached hydrogens (tertiary/aromatic N) is 2. The fraction of sp³-hybridized carbons (Fsp3) is 0.304. The van der Waals surface area contributed by atoms with Crippen LogP contribution in [0.15, 0.2) is 64.9 Å². The molecule has 2 unspecified atom stereocenters. The summed E-state index contributed by atoms with van der Waals surface area (Å²) in [6.07, 6.45) is -0.341. The van der Waals surface area contributed by atoms with Crippen LogP contribution in [0.2, 0.25) is 0 Å². The molecule has 1 saturated heterocycles. The smallest absolute Gasteiger partial charge is 0.338 e. The molecule has 9 heteroatoms. The topological polar surface area (TPSA) is 85.8 Å². The Morgan fingerprint density at radius 3 is 2.41 bits per heavy atom. The molecule has 2 heterocycles. The highest BCUT2D eigenvalue weighted by molar-refractivity contribution is 7.89. The molecular weight excluding hydrogens is 448 g/mol. The van der Waals surface area contributed by atoms with Crippen LogP contribution in [-0.2, 0) is 26.1 Å². The second-order valence-corrected chi connectivity index (χ2v) is 10.5. The van der Waals surface area contributed by atoms with Crippen molar-refractivity contribution in [3.05, 3.63) is 71.2 Å². The highest BCUT2D eigenvalue weighted by Gasteiger charge is 2.32. The van der Waals surface area contributed by atoms with E-state index >= 15 is 0 Å². The summed E-state index contributed by atoms with van der Waals surface area (Å²) in [6, 6.07) is 15.6. The maximum atomic E-state index is 12.9. The third kappa shape index (κ3) is 5.07. The quantitative estimate of drug-likeness (QED) is 0.505. The molecule has 1 aromatic heterocycles. The summed E-state index contributed by atoms with van der Waals surface area (Å²) in [7, 11) is -3.66. The molecule has 0 spiro atoms. The fourth-order valence-corrected chi connectivity index (χ4v) is 5.95. The van der Waals surface area contributed by atoms with E-state index in [2.05, 4.69) is 4.98 Å². The normalized spacial score (nSPS) is 19.6. The Hall–Kier alpha value is -2.59. The molecule has 0 bridgehead atoms. The molecule has 1 aliphatic rings. The van der Waals surface area contributed by atoms with Crippen molar-refractivity contribution in [1.29, 1.82) is 0 Å². The number of ether oxygens (including phenoxy) is 2. The lowest BCUT2D eigenvalue weighted by atomic mass is 10.2. The predicted octanol–water partition coefficient (Wildman–Crippen LogP) is 3.97. The number of morpholine rings is 1. The molecule has 4 rings (SSSR count). The number of hydrogen-bond acceptors (Lipinski definition) is 7. The van der Waals surface area contributed by atoms with Crippen LogP contribution in [0.25, 0.3) is 10.6 Å². The van der Waals surface area contributed by atoms with Crippen LogP contribution in [0.3, 0.4) is 0 Å². The zero-order valence-electron chi connectivity index (χ0n) is 17.8. The van der Waals surface area contributed by atoms with Crippen molar-refractivity contribution in [1.82, 2.24) is 9.29 Å². The van der Waals surface area contributed by atoms with Gasteiger partial charge in [-0.3, -0.25) is 0 Å². The summed E-state index contributed by atoms with van der Waals surface area (Å²) >= 11 is 1.49. The minimum absolute atomic E-state index is 0.0474. The largest absolute Gasteiger partial charge is 0.456 e. The second-order valence-electron chi connectivity index (χ2n) is 7.69.